The molecule has 0 saturated carbocycles. The first-order valence-corrected chi connectivity index (χ1v) is 5.21. The number of nitrogens with zero attached hydrogens (tertiary/aromatic N) is 2. The Labute approximate surface area is 93.5 Å². The second-order valence-electron chi connectivity index (χ2n) is 4.17. The highest BCUT2D eigenvalue weighted by Gasteiger charge is 2.19. The fourth-order valence-electron chi connectivity index (χ4n) is 2.00. The Morgan fingerprint density at radius 3 is 2.69 bits per heavy atom. The maximum absolute atomic E-state index is 11.2. The van der Waals surface area contributed by atoms with Crippen molar-refractivity contribution in [1.82, 2.24) is 9.78 Å². The van der Waals surface area contributed by atoms with Crippen LogP contribution in [0.2, 0.25) is 0 Å². The summed E-state index contributed by atoms with van der Waals surface area (Å²) < 4.78 is 1.43. The fourth-order valence-corrected chi connectivity index (χ4v) is 2.00. The number of benzene rings is 1. The SMILES string of the molecule is CC(C)c1cccc2nn(C)c(C(=O)O)c12. The average molecular weight is 218 g/mol. The Hall–Kier alpha value is -1.84. The molecule has 0 spiro atoms. The van der Waals surface area contributed by atoms with Gasteiger partial charge in [0, 0.05) is 12.4 Å². The third-order valence-electron chi connectivity index (χ3n) is 2.72. The Morgan fingerprint density at radius 1 is 1.44 bits per heavy atom. The number of fused-ring (bicyclic) bond motifs is 1. The second-order valence-corrected chi connectivity index (χ2v) is 4.17. The topological polar surface area (TPSA) is 55.1 Å². The number of hydrogen-bond donors (Lipinski definition) is 1. The molecule has 16 heavy (non-hydrogen) atoms. The minimum Gasteiger partial charge on any atom is -0.477 e. The lowest BCUT2D eigenvalue weighted by Gasteiger charge is -2.07. The van der Waals surface area contributed by atoms with Gasteiger partial charge >= 0.3 is 5.97 Å². The van der Waals surface area contributed by atoms with E-state index in [4.69, 9.17) is 0 Å². The van der Waals surface area contributed by atoms with Crippen molar-refractivity contribution in [2.75, 3.05) is 0 Å². The summed E-state index contributed by atoms with van der Waals surface area (Å²) in [6.07, 6.45) is 0. The zero-order chi connectivity index (χ0) is 11.9. The summed E-state index contributed by atoms with van der Waals surface area (Å²) in [4.78, 5) is 11.2. The van der Waals surface area contributed by atoms with Crippen molar-refractivity contribution >= 4 is 16.9 Å². The van der Waals surface area contributed by atoms with Crippen molar-refractivity contribution in [2.24, 2.45) is 7.05 Å². The van der Waals surface area contributed by atoms with Gasteiger partial charge in [-0.15, -0.1) is 0 Å². The molecule has 0 radical (unpaired) electrons. The molecule has 1 N–H and O–H groups in total. The third kappa shape index (κ3) is 1.46. The molecule has 0 aliphatic rings. The van der Waals surface area contributed by atoms with Gasteiger partial charge in [0.2, 0.25) is 0 Å². The number of carboxylic acid groups (broad SMARTS) is 1. The highest BCUT2D eigenvalue weighted by Crippen LogP contribution is 2.27. The van der Waals surface area contributed by atoms with Crippen LogP contribution in [-0.4, -0.2) is 20.9 Å². The molecule has 0 aliphatic heterocycles. The van der Waals surface area contributed by atoms with Crippen LogP contribution in [0.25, 0.3) is 10.9 Å². The van der Waals surface area contributed by atoms with Gasteiger partial charge in [0.15, 0.2) is 5.69 Å². The first kappa shape index (κ1) is 10.7. The van der Waals surface area contributed by atoms with Crippen LogP contribution in [0.3, 0.4) is 0 Å². The lowest BCUT2D eigenvalue weighted by Crippen LogP contribution is -2.06. The van der Waals surface area contributed by atoms with Crippen LogP contribution in [0, 0.1) is 0 Å². The van der Waals surface area contributed by atoms with E-state index < -0.39 is 5.97 Å². The Kier molecular flexibility index (Phi) is 2.42. The first-order chi connectivity index (χ1) is 7.52. The van der Waals surface area contributed by atoms with Gasteiger partial charge in [-0.3, -0.25) is 4.68 Å². The number of aromatic nitrogens is 2. The van der Waals surface area contributed by atoms with E-state index in [0.717, 1.165) is 16.5 Å². The van der Waals surface area contributed by atoms with E-state index >= 15 is 0 Å². The zero-order valence-electron chi connectivity index (χ0n) is 9.56. The highest BCUT2D eigenvalue weighted by atomic mass is 16.4. The minimum absolute atomic E-state index is 0.263. The van der Waals surface area contributed by atoms with E-state index in [9.17, 15) is 9.90 Å². The van der Waals surface area contributed by atoms with E-state index in [1.54, 1.807) is 7.05 Å². The van der Waals surface area contributed by atoms with Gasteiger partial charge in [-0.2, -0.15) is 5.10 Å². The normalized spacial score (nSPS) is 11.2. The molecule has 1 aromatic heterocycles. The highest BCUT2D eigenvalue weighted by molar-refractivity contribution is 6.03. The molecular weight excluding hydrogens is 204 g/mol. The Morgan fingerprint density at radius 2 is 2.12 bits per heavy atom. The monoisotopic (exact) mass is 218 g/mol. The van der Waals surface area contributed by atoms with Gasteiger partial charge in [-0.05, 0) is 17.5 Å². The number of hydrogen-bond acceptors (Lipinski definition) is 2. The molecular formula is C12H14N2O2. The van der Waals surface area contributed by atoms with Gasteiger partial charge in [-0.25, -0.2) is 4.79 Å². The third-order valence-corrected chi connectivity index (χ3v) is 2.72. The molecule has 84 valence electrons. The van der Waals surface area contributed by atoms with Gasteiger partial charge in [0.25, 0.3) is 0 Å². The first-order valence-electron chi connectivity index (χ1n) is 5.21. The van der Waals surface area contributed by atoms with Crippen molar-refractivity contribution in [1.29, 1.82) is 0 Å². The second kappa shape index (κ2) is 3.63. The van der Waals surface area contributed by atoms with Crippen LogP contribution < -0.4 is 0 Å². The molecule has 1 heterocycles. The van der Waals surface area contributed by atoms with Crippen LogP contribution in [0.4, 0.5) is 0 Å². The Balaban J connectivity index is 2.88. The van der Waals surface area contributed by atoms with Crippen LogP contribution >= 0.6 is 0 Å². The smallest absolute Gasteiger partial charge is 0.354 e. The van der Waals surface area contributed by atoms with E-state index in [1.165, 1.54) is 4.68 Å². The van der Waals surface area contributed by atoms with Crippen LogP contribution in [-0.2, 0) is 7.05 Å². The fraction of sp³-hybridized carbons (Fsp3) is 0.333. The predicted molar refractivity (Wildman–Crippen MR) is 61.8 cm³/mol. The summed E-state index contributed by atoms with van der Waals surface area (Å²) in [5.74, 6) is -0.649. The van der Waals surface area contributed by atoms with Crippen LogP contribution in [0.5, 0.6) is 0 Å². The Bertz CT molecular complexity index is 555. The van der Waals surface area contributed by atoms with Gasteiger partial charge in [-0.1, -0.05) is 26.0 Å². The lowest BCUT2D eigenvalue weighted by atomic mass is 9.98. The number of aromatic carboxylic acids is 1. The number of carbonyl (C=O) groups is 1. The maximum atomic E-state index is 11.2. The number of aryl methyl sites for hydroxylation is 1. The summed E-state index contributed by atoms with van der Waals surface area (Å²) in [7, 11) is 1.66. The van der Waals surface area contributed by atoms with Crippen molar-refractivity contribution in [3.63, 3.8) is 0 Å². The van der Waals surface area contributed by atoms with E-state index in [1.807, 2.05) is 32.0 Å². The molecule has 0 amide bonds. The molecule has 2 rings (SSSR count). The lowest BCUT2D eigenvalue weighted by molar-refractivity contribution is 0.0687. The van der Waals surface area contributed by atoms with Gasteiger partial charge in [0.1, 0.15) is 0 Å². The summed E-state index contributed by atoms with van der Waals surface area (Å²) in [5, 5.41) is 14.2. The minimum atomic E-state index is -0.932. The zero-order valence-corrected chi connectivity index (χ0v) is 9.56. The van der Waals surface area contributed by atoms with Gasteiger partial charge in [0.05, 0.1) is 5.52 Å². The molecule has 0 bridgehead atoms. The summed E-state index contributed by atoms with van der Waals surface area (Å²) in [6.45, 7) is 4.10. The van der Waals surface area contributed by atoms with Gasteiger partial charge < -0.3 is 5.11 Å². The van der Waals surface area contributed by atoms with Crippen LogP contribution in [0.1, 0.15) is 35.8 Å². The quantitative estimate of drug-likeness (QED) is 0.842. The molecule has 0 fully saturated rings. The maximum Gasteiger partial charge on any atom is 0.354 e. The van der Waals surface area contributed by atoms with E-state index in [0.29, 0.717) is 0 Å². The molecule has 0 saturated heterocycles. The van der Waals surface area contributed by atoms with Crippen LogP contribution in [0.15, 0.2) is 18.2 Å². The molecule has 0 atom stereocenters. The van der Waals surface area contributed by atoms with E-state index in [2.05, 4.69) is 5.10 Å². The molecule has 0 unspecified atom stereocenters. The number of carboxylic acids is 1. The molecule has 2 aromatic rings. The average Bonchev–Trinajstić information content (AvgIpc) is 2.52. The largest absolute Gasteiger partial charge is 0.477 e. The molecule has 4 nitrogen and oxygen atoms in total. The summed E-state index contributed by atoms with van der Waals surface area (Å²) >= 11 is 0. The standard InChI is InChI=1S/C12H14N2O2/c1-7(2)8-5-4-6-9-10(8)11(12(15)16)14(3)13-9/h4-7H,1-3H3,(H,15,16). The molecule has 1 aromatic carbocycles. The van der Waals surface area contributed by atoms with Crippen molar-refractivity contribution < 1.29 is 9.90 Å². The summed E-state index contributed by atoms with van der Waals surface area (Å²) in [5.41, 5.74) is 2.04. The van der Waals surface area contributed by atoms with Crippen molar-refractivity contribution in [2.45, 2.75) is 19.8 Å². The van der Waals surface area contributed by atoms with Crippen molar-refractivity contribution in [3.05, 3.63) is 29.5 Å². The number of rotatable bonds is 2. The predicted octanol–water partition coefficient (Wildman–Crippen LogP) is 2.39. The molecule has 0 aliphatic carbocycles. The van der Waals surface area contributed by atoms with E-state index in [-0.39, 0.29) is 11.6 Å². The molecule has 4 heteroatoms. The van der Waals surface area contributed by atoms with Crippen molar-refractivity contribution in [3.8, 4) is 0 Å². The summed E-state index contributed by atoms with van der Waals surface area (Å²) in [6, 6.07) is 5.71.